The highest BCUT2D eigenvalue weighted by Gasteiger charge is 2.20. The first kappa shape index (κ1) is 24.4. The van der Waals surface area contributed by atoms with Gasteiger partial charge >= 0.3 is 0 Å². The van der Waals surface area contributed by atoms with Gasteiger partial charge in [-0.1, -0.05) is 69.8 Å². The predicted molar refractivity (Wildman–Crippen MR) is 132 cm³/mol. The van der Waals surface area contributed by atoms with Gasteiger partial charge in [-0.05, 0) is 30.7 Å². The lowest BCUT2D eigenvalue weighted by Crippen LogP contribution is -2.42. The highest BCUT2D eigenvalue weighted by atomic mass is 15.2. The summed E-state index contributed by atoms with van der Waals surface area (Å²) in [5.74, 6) is 0.405. The molecule has 1 saturated heterocycles. The van der Waals surface area contributed by atoms with E-state index in [1.165, 1.54) is 31.2 Å². The first-order valence-corrected chi connectivity index (χ1v) is 11.3. The summed E-state index contributed by atoms with van der Waals surface area (Å²) in [5.41, 5.74) is 15.3. The van der Waals surface area contributed by atoms with Gasteiger partial charge in [0.15, 0.2) is 5.96 Å². The second-order valence-electron chi connectivity index (χ2n) is 8.43. The van der Waals surface area contributed by atoms with Gasteiger partial charge in [-0.2, -0.15) is 0 Å². The number of aliphatic imine (C=N–C) groups is 1. The Balaban J connectivity index is 1.89. The normalized spacial score (nSPS) is 15.8. The number of rotatable bonds is 12. The summed E-state index contributed by atoms with van der Waals surface area (Å²) in [5, 5.41) is 6.89. The Morgan fingerprint density at radius 3 is 2.32 bits per heavy atom. The van der Waals surface area contributed by atoms with Crippen LogP contribution in [0.25, 0.3) is 0 Å². The summed E-state index contributed by atoms with van der Waals surface area (Å²) >= 11 is 0. The Kier molecular flexibility index (Phi) is 10.0. The molecule has 0 radical (unpaired) electrons. The van der Waals surface area contributed by atoms with Crippen molar-refractivity contribution in [1.29, 1.82) is 0 Å². The molecule has 6 nitrogen and oxygen atoms in total. The molecule has 1 aliphatic rings. The molecule has 1 heterocycles. The van der Waals surface area contributed by atoms with Crippen molar-refractivity contribution in [3.63, 3.8) is 0 Å². The van der Waals surface area contributed by atoms with Gasteiger partial charge in [0, 0.05) is 30.2 Å². The summed E-state index contributed by atoms with van der Waals surface area (Å²) in [4.78, 5) is 6.59. The van der Waals surface area contributed by atoms with Gasteiger partial charge in [-0.25, -0.2) is 0 Å². The number of hydrogen-bond donors (Lipinski definition) is 4. The maximum Gasteiger partial charge on any atom is 0.185 e. The monoisotopic (exact) mass is 424 g/mol. The first-order valence-electron chi connectivity index (χ1n) is 11.3. The Hall–Kier alpha value is -2.89. The number of nitrogens with one attached hydrogen (secondary N) is 2. The van der Waals surface area contributed by atoms with Crippen LogP contribution in [0.5, 0.6) is 0 Å². The predicted octanol–water partition coefficient (Wildman–Crippen LogP) is 3.10. The van der Waals surface area contributed by atoms with Crippen molar-refractivity contribution >= 4 is 5.96 Å². The van der Waals surface area contributed by atoms with Crippen LogP contribution in [0.1, 0.15) is 38.2 Å². The van der Waals surface area contributed by atoms with Gasteiger partial charge in [0.1, 0.15) is 0 Å². The Bertz CT molecular complexity index is 743. The fourth-order valence-electron chi connectivity index (χ4n) is 3.79. The van der Waals surface area contributed by atoms with Crippen molar-refractivity contribution in [2.24, 2.45) is 22.4 Å². The average Bonchev–Trinajstić information content (AvgIpc) is 3.04. The van der Waals surface area contributed by atoms with Gasteiger partial charge in [0.2, 0.25) is 0 Å². The molecule has 0 bridgehead atoms. The van der Waals surface area contributed by atoms with Crippen molar-refractivity contribution in [3.8, 4) is 0 Å². The molecular formula is C25H40N6. The molecule has 0 saturated carbocycles. The Labute approximate surface area is 188 Å². The minimum atomic E-state index is -0.0930. The second kappa shape index (κ2) is 12.7. The molecule has 2 unspecified atom stereocenters. The van der Waals surface area contributed by atoms with E-state index in [-0.39, 0.29) is 12.0 Å². The van der Waals surface area contributed by atoms with Crippen LogP contribution in [0.4, 0.5) is 0 Å². The molecule has 0 spiro atoms. The average molecular weight is 425 g/mol. The van der Waals surface area contributed by atoms with E-state index in [4.69, 9.17) is 11.5 Å². The van der Waals surface area contributed by atoms with E-state index in [9.17, 15) is 0 Å². The third kappa shape index (κ3) is 8.79. The van der Waals surface area contributed by atoms with Crippen LogP contribution in [0.3, 0.4) is 0 Å². The van der Waals surface area contributed by atoms with Gasteiger partial charge < -0.3 is 27.0 Å². The first-order chi connectivity index (χ1) is 14.9. The van der Waals surface area contributed by atoms with Gasteiger partial charge in [-0.3, -0.25) is 4.99 Å². The summed E-state index contributed by atoms with van der Waals surface area (Å²) in [6.07, 6.45) is 5.88. The van der Waals surface area contributed by atoms with Gasteiger partial charge in [0.05, 0.1) is 19.1 Å². The number of likely N-dealkylation sites (tertiary alicyclic amines) is 1. The Morgan fingerprint density at radius 1 is 1.06 bits per heavy atom. The van der Waals surface area contributed by atoms with E-state index in [1.807, 2.05) is 6.07 Å². The largest absolute Gasteiger partial charge is 0.383 e. The van der Waals surface area contributed by atoms with Crippen molar-refractivity contribution in [3.05, 3.63) is 72.7 Å². The number of benzene rings is 1. The molecule has 0 aliphatic carbocycles. The van der Waals surface area contributed by atoms with Crippen molar-refractivity contribution < 1.29 is 0 Å². The van der Waals surface area contributed by atoms with E-state index in [1.54, 1.807) is 0 Å². The van der Waals surface area contributed by atoms with E-state index < -0.39 is 0 Å². The van der Waals surface area contributed by atoms with Crippen LogP contribution in [-0.2, 0) is 6.42 Å². The lowest BCUT2D eigenvalue weighted by atomic mass is 9.98. The van der Waals surface area contributed by atoms with Gasteiger partial charge in [-0.15, -0.1) is 0 Å². The van der Waals surface area contributed by atoms with Crippen molar-refractivity contribution in [2.45, 2.75) is 45.1 Å². The molecule has 6 heteroatoms. The number of guanidine groups is 1. The van der Waals surface area contributed by atoms with Crippen LogP contribution in [-0.4, -0.2) is 43.1 Å². The summed E-state index contributed by atoms with van der Waals surface area (Å²) in [6, 6.07) is 10.4. The molecule has 2 atom stereocenters. The lowest BCUT2D eigenvalue weighted by Gasteiger charge is -2.32. The highest BCUT2D eigenvalue weighted by molar-refractivity contribution is 5.75. The number of nitrogens with zero attached hydrogens (tertiary/aromatic N) is 2. The van der Waals surface area contributed by atoms with E-state index in [2.05, 4.69) is 71.5 Å². The molecule has 1 aromatic carbocycles. The van der Waals surface area contributed by atoms with Crippen LogP contribution < -0.4 is 22.1 Å². The van der Waals surface area contributed by atoms with Gasteiger partial charge in [0.25, 0.3) is 0 Å². The van der Waals surface area contributed by atoms with Crippen LogP contribution in [0.15, 0.2) is 72.2 Å². The second-order valence-corrected chi connectivity index (χ2v) is 8.43. The van der Waals surface area contributed by atoms with Crippen LogP contribution in [0, 0.1) is 5.92 Å². The molecule has 0 aromatic heterocycles. The highest BCUT2D eigenvalue weighted by Crippen LogP contribution is 2.17. The molecule has 6 N–H and O–H groups in total. The minimum Gasteiger partial charge on any atom is -0.383 e. The standard InChI is InChI=1S/C25H40N6/c1-19(16-23-12-8-7-9-13-23)21(3)28-17-20(2)30-24(18-29-25(26)27)22(4)31-14-10-5-6-11-15-31/h7-9,12-13,19,24,28,30H,2-6,10-11,14-18H2,1H3,(H4,26,27,29). The fraction of sp³-hybridized carbons (Fsp3) is 0.480. The zero-order valence-corrected chi connectivity index (χ0v) is 19.1. The molecule has 1 fully saturated rings. The topological polar surface area (TPSA) is 91.7 Å². The number of allylic oxidation sites excluding steroid dienone is 1. The summed E-state index contributed by atoms with van der Waals surface area (Å²) in [7, 11) is 0. The molecule has 2 rings (SSSR count). The maximum absolute atomic E-state index is 5.58. The van der Waals surface area contributed by atoms with E-state index >= 15 is 0 Å². The summed E-state index contributed by atoms with van der Waals surface area (Å²) < 4.78 is 0. The molecule has 0 amide bonds. The van der Waals surface area contributed by atoms with Crippen molar-refractivity contribution in [1.82, 2.24) is 15.5 Å². The molecule has 1 aromatic rings. The Morgan fingerprint density at radius 2 is 1.71 bits per heavy atom. The minimum absolute atomic E-state index is 0.0855. The zero-order valence-electron chi connectivity index (χ0n) is 19.1. The third-order valence-electron chi connectivity index (χ3n) is 5.76. The fourth-order valence-corrected chi connectivity index (χ4v) is 3.79. The van der Waals surface area contributed by atoms with Crippen LogP contribution >= 0.6 is 0 Å². The van der Waals surface area contributed by atoms with Crippen LogP contribution in [0.2, 0.25) is 0 Å². The SMILES string of the molecule is C=C(CNC(=C)C(C)Cc1ccccc1)NC(CN=C(N)N)C(=C)N1CCCCCC1. The smallest absolute Gasteiger partial charge is 0.185 e. The lowest BCUT2D eigenvalue weighted by molar-refractivity contribution is 0.326. The van der Waals surface area contributed by atoms with E-state index in [0.717, 1.165) is 36.6 Å². The third-order valence-corrected chi connectivity index (χ3v) is 5.76. The van der Waals surface area contributed by atoms with E-state index in [0.29, 0.717) is 19.0 Å². The van der Waals surface area contributed by atoms with Crippen molar-refractivity contribution in [2.75, 3.05) is 26.2 Å². The molecule has 170 valence electrons. The zero-order chi connectivity index (χ0) is 22.6. The number of hydrogen-bond acceptors (Lipinski definition) is 4. The number of nitrogens with two attached hydrogens (primary N) is 2. The molecular weight excluding hydrogens is 384 g/mol. The summed E-state index contributed by atoms with van der Waals surface area (Å²) in [6.45, 7) is 18.0. The molecule has 1 aliphatic heterocycles. The maximum atomic E-state index is 5.58. The quantitative estimate of drug-likeness (QED) is 0.306. The molecule has 31 heavy (non-hydrogen) atoms.